The quantitative estimate of drug-likeness (QED) is 0.771. The second-order valence-corrected chi connectivity index (χ2v) is 4.73. The smallest absolute Gasteiger partial charge is 0.214 e. The maximum absolute atomic E-state index is 12.9. The van der Waals surface area contributed by atoms with Gasteiger partial charge < -0.3 is 10.2 Å². The van der Waals surface area contributed by atoms with Gasteiger partial charge in [-0.2, -0.15) is 4.39 Å². The average Bonchev–Trinajstić information content (AvgIpc) is 2.66. The first kappa shape index (κ1) is 10.0. The first-order chi connectivity index (χ1) is 7.81. The molecule has 2 saturated heterocycles. The van der Waals surface area contributed by atoms with Crippen LogP contribution in [-0.2, 0) is 0 Å². The van der Waals surface area contributed by atoms with E-state index in [1.807, 2.05) is 6.07 Å². The van der Waals surface area contributed by atoms with Crippen molar-refractivity contribution in [2.24, 2.45) is 5.92 Å². The van der Waals surface area contributed by atoms with Crippen LogP contribution in [0.5, 0.6) is 0 Å². The molecule has 1 N–H and O–H groups in total. The summed E-state index contributed by atoms with van der Waals surface area (Å²) in [4.78, 5) is 6.36. The third kappa shape index (κ3) is 1.89. The molecule has 3 heterocycles. The number of halogens is 1. The Balaban J connectivity index is 1.70. The van der Waals surface area contributed by atoms with E-state index in [-0.39, 0.29) is 0 Å². The predicted octanol–water partition coefficient (Wildman–Crippen LogP) is 1.73. The standard InChI is InChI=1S/C12H16FN3/c13-11-2-1-3-12(15-11)14-10-5-7-16-6-4-9(10)8-16/h1-3,9-10H,4-8H2,(H,14,15). The summed E-state index contributed by atoms with van der Waals surface area (Å²) in [6.45, 7) is 3.57. The molecule has 0 radical (unpaired) electrons. The summed E-state index contributed by atoms with van der Waals surface area (Å²) in [7, 11) is 0. The fourth-order valence-electron chi connectivity index (χ4n) is 2.82. The molecule has 86 valence electrons. The zero-order valence-corrected chi connectivity index (χ0v) is 9.19. The Morgan fingerprint density at radius 2 is 2.19 bits per heavy atom. The molecular formula is C12H16FN3. The van der Waals surface area contributed by atoms with Crippen LogP contribution in [0.25, 0.3) is 0 Å². The fraction of sp³-hybridized carbons (Fsp3) is 0.583. The first-order valence-electron chi connectivity index (χ1n) is 5.93. The molecule has 0 amide bonds. The highest BCUT2D eigenvalue weighted by Crippen LogP contribution is 2.28. The van der Waals surface area contributed by atoms with Gasteiger partial charge in [0, 0.05) is 19.1 Å². The molecule has 16 heavy (non-hydrogen) atoms. The monoisotopic (exact) mass is 221 g/mol. The molecule has 4 heteroatoms. The normalized spacial score (nSPS) is 32.7. The van der Waals surface area contributed by atoms with Crippen LogP contribution in [-0.4, -0.2) is 35.6 Å². The minimum Gasteiger partial charge on any atom is -0.367 e. The SMILES string of the molecule is Fc1cccc(NC2CCN3CCC2C3)n1. The van der Waals surface area contributed by atoms with Crippen LogP contribution >= 0.6 is 0 Å². The molecule has 0 aromatic carbocycles. The van der Waals surface area contributed by atoms with E-state index < -0.39 is 5.95 Å². The van der Waals surface area contributed by atoms with Gasteiger partial charge in [0.15, 0.2) is 0 Å². The summed E-state index contributed by atoms with van der Waals surface area (Å²) in [6, 6.07) is 5.38. The molecule has 2 bridgehead atoms. The number of fused-ring (bicyclic) bond motifs is 2. The zero-order chi connectivity index (χ0) is 11.0. The van der Waals surface area contributed by atoms with Crippen molar-refractivity contribution in [3.8, 4) is 0 Å². The molecule has 3 nitrogen and oxygen atoms in total. The maximum atomic E-state index is 12.9. The van der Waals surface area contributed by atoms with Crippen LogP contribution in [0.1, 0.15) is 12.8 Å². The van der Waals surface area contributed by atoms with Crippen LogP contribution in [0.15, 0.2) is 18.2 Å². The van der Waals surface area contributed by atoms with E-state index in [1.54, 1.807) is 6.07 Å². The van der Waals surface area contributed by atoms with E-state index in [2.05, 4.69) is 15.2 Å². The predicted molar refractivity (Wildman–Crippen MR) is 60.8 cm³/mol. The lowest BCUT2D eigenvalue weighted by Gasteiger charge is -2.31. The minimum absolute atomic E-state index is 0.408. The average molecular weight is 221 g/mol. The number of rotatable bonds is 2. The summed E-state index contributed by atoms with van der Waals surface area (Å²) < 4.78 is 12.9. The molecule has 0 spiro atoms. The lowest BCUT2D eigenvalue weighted by Crippen LogP contribution is -2.39. The number of nitrogens with zero attached hydrogens (tertiary/aromatic N) is 2. The van der Waals surface area contributed by atoms with Gasteiger partial charge in [-0.3, -0.25) is 0 Å². The second-order valence-electron chi connectivity index (χ2n) is 4.73. The Morgan fingerprint density at radius 3 is 3.06 bits per heavy atom. The molecule has 3 unspecified atom stereocenters. The van der Waals surface area contributed by atoms with Crippen molar-refractivity contribution >= 4 is 5.82 Å². The molecular weight excluding hydrogens is 205 g/mol. The Kier molecular flexibility index (Phi) is 2.52. The van der Waals surface area contributed by atoms with Gasteiger partial charge in [-0.1, -0.05) is 6.07 Å². The molecule has 1 aromatic rings. The van der Waals surface area contributed by atoms with Gasteiger partial charge in [-0.15, -0.1) is 0 Å². The van der Waals surface area contributed by atoms with Gasteiger partial charge in [0.1, 0.15) is 5.82 Å². The number of pyridine rings is 1. The van der Waals surface area contributed by atoms with Crippen molar-refractivity contribution in [3.63, 3.8) is 0 Å². The van der Waals surface area contributed by atoms with Crippen molar-refractivity contribution in [3.05, 3.63) is 24.1 Å². The molecule has 0 saturated carbocycles. The van der Waals surface area contributed by atoms with Crippen molar-refractivity contribution in [2.75, 3.05) is 25.0 Å². The van der Waals surface area contributed by atoms with E-state index in [0.29, 0.717) is 17.8 Å². The van der Waals surface area contributed by atoms with Crippen molar-refractivity contribution in [1.82, 2.24) is 9.88 Å². The van der Waals surface area contributed by atoms with E-state index in [9.17, 15) is 4.39 Å². The van der Waals surface area contributed by atoms with Gasteiger partial charge in [0.25, 0.3) is 0 Å². The molecule has 3 atom stereocenters. The second kappa shape index (κ2) is 4.01. The summed E-state index contributed by atoms with van der Waals surface area (Å²) in [5.41, 5.74) is 0. The first-order valence-corrected chi connectivity index (χ1v) is 5.93. The summed E-state index contributed by atoms with van der Waals surface area (Å²) >= 11 is 0. The molecule has 2 fully saturated rings. The van der Waals surface area contributed by atoms with E-state index in [0.717, 1.165) is 13.0 Å². The number of hydrogen-bond donors (Lipinski definition) is 1. The highest BCUT2D eigenvalue weighted by atomic mass is 19.1. The van der Waals surface area contributed by atoms with Crippen molar-refractivity contribution in [2.45, 2.75) is 18.9 Å². The van der Waals surface area contributed by atoms with E-state index in [1.165, 1.54) is 25.6 Å². The van der Waals surface area contributed by atoms with Crippen LogP contribution in [0.3, 0.4) is 0 Å². The number of piperidine rings is 1. The molecule has 2 aliphatic rings. The summed E-state index contributed by atoms with van der Waals surface area (Å²) in [5.74, 6) is 0.970. The molecule has 3 rings (SSSR count). The number of hydrogen-bond acceptors (Lipinski definition) is 3. The van der Waals surface area contributed by atoms with Gasteiger partial charge in [0.2, 0.25) is 5.95 Å². The topological polar surface area (TPSA) is 28.2 Å². The molecule has 0 aliphatic carbocycles. The summed E-state index contributed by atoms with van der Waals surface area (Å²) in [5, 5.41) is 3.37. The van der Waals surface area contributed by atoms with E-state index >= 15 is 0 Å². The van der Waals surface area contributed by atoms with Gasteiger partial charge in [-0.25, -0.2) is 4.98 Å². The Labute approximate surface area is 94.7 Å². The van der Waals surface area contributed by atoms with Crippen LogP contribution in [0.4, 0.5) is 10.2 Å². The third-order valence-corrected chi connectivity index (χ3v) is 3.68. The Bertz CT molecular complexity index is 382. The zero-order valence-electron chi connectivity index (χ0n) is 9.19. The number of nitrogens with one attached hydrogen (secondary N) is 1. The van der Waals surface area contributed by atoms with Gasteiger partial charge in [0.05, 0.1) is 0 Å². The third-order valence-electron chi connectivity index (χ3n) is 3.68. The largest absolute Gasteiger partial charge is 0.367 e. The van der Waals surface area contributed by atoms with Gasteiger partial charge >= 0.3 is 0 Å². The van der Waals surface area contributed by atoms with Gasteiger partial charge in [-0.05, 0) is 37.4 Å². The number of aromatic nitrogens is 1. The lowest BCUT2D eigenvalue weighted by atomic mass is 9.94. The van der Waals surface area contributed by atoms with Crippen molar-refractivity contribution in [1.29, 1.82) is 0 Å². The maximum Gasteiger partial charge on any atom is 0.214 e. The highest BCUT2D eigenvalue weighted by molar-refractivity contribution is 5.35. The Morgan fingerprint density at radius 1 is 1.31 bits per heavy atom. The lowest BCUT2D eigenvalue weighted by molar-refractivity contribution is 0.254. The van der Waals surface area contributed by atoms with Crippen molar-refractivity contribution < 1.29 is 4.39 Å². The molecule has 2 aliphatic heterocycles. The minimum atomic E-state index is -0.408. The number of anilines is 1. The molecule has 1 aromatic heterocycles. The Hall–Kier alpha value is -1.16. The van der Waals surface area contributed by atoms with Crippen LogP contribution in [0, 0.1) is 11.9 Å². The van der Waals surface area contributed by atoms with Crippen LogP contribution < -0.4 is 5.32 Å². The summed E-state index contributed by atoms with van der Waals surface area (Å²) in [6.07, 6.45) is 2.40. The van der Waals surface area contributed by atoms with E-state index in [4.69, 9.17) is 0 Å². The van der Waals surface area contributed by atoms with Crippen LogP contribution in [0.2, 0.25) is 0 Å². The fourth-order valence-corrected chi connectivity index (χ4v) is 2.82. The highest BCUT2D eigenvalue weighted by Gasteiger charge is 2.34.